The molecular weight excluding hydrogens is 318 g/mol. The van der Waals surface area contributed by atoms with Gasteiger partial charge in [0, 0.05) is 18.2 Å². The van der Waals surface area contributed by atoms with Crippen molar-refractivity contribution in [2.24, 2.45) is 0 Å². The summed E-state index contributed by atoms with van der Waals surface area (Å²) in [5.74, 6) is -0.493. The first-order valence-electron chi connectivity index (χ1n) is 8.11. The standard InChI is InChI=1S/C19H23N3O3/c1-5-18(23)25-10-9-21-19(24)22-12-20-11-17(22)15(4)16-8-6-7-13(2)14(16)3/h5-8,11-12,15H,1,9-10H2,2-4H3,(H,21,24). The number of hydrogen-bond acceptors (Lipinski definition) is 4. The third-order valence-corrected chi connectivity index (χ3v) is 4.23. The van der Waals surface area contributed by atoms with Crippen molar-refractivity contribution in [2.45, 2.75) is 26.7 Å². The summed E-state index contributed by atoms with van der Waals surface area (Å²) in [5, 5.41) is 2.71. The number of nitrogens with zero attached hydrogens (tertiary/aromatic N) is 2. The number of nitrogens with one attached hydrogen (secondary N) is 1. The fourth-order valence-corrected chi connectivity index (χ4v) is 2.65. The maximum Gasteiger partial charge on any atom is 0.330 e. The zero-order valence-electron chi connectivity index (χ0n) is 14.8. The molecule has 6 heteroatoms. The molecule has 6 nitrogen and oxygen atoms in total. The molecule has 1 aromatic heterocycles. The average molecular weight is 341 g/mol. The summed E-state index contributed by atoms with van der Waals surface area (Å²) >= 11 is 0. The summed E-state index contributed by atoms with van der Waals surface area (Å²) in [6, 6.07) is 5.85. The van der Waals surface area contributed by atoms with Gasteiger partial charge in [-0.1, -0.05) is 31.7 Å². The first-order chi connectivity index (χ1) is 12.0. The van der Waals surface area contributed by atoms with Gasteiger partial charge in [-0.2, -0.15) is 0 Å². The zero-order valence-corrected chi connectivity index (χ0v) is 14.8. The second kappa shape index (κ2) is 8.28. The topological polar surface area (TPSA) is 73.2 Å². The van der Waals surface area contributed by atoms with Gasteiger partial charge >= 0.3 is 12.0 Å². The Morgan fingerprint density at radius 1 is 1.40 bits per heavy atom. The van der Waals surface area contributed by atoms with Gasteiger partial charge in [0.05, 0.1) is 12.2 Å². The highest BCUT2D eigenvalue weighted by atomic mass is 16.5. The summed E-state index contributed by atoms with van der Waals surface area (Å²) in [6.45, 7) is 9.82. The van der Waals surface area contributed by atoms with Crippen LogP contribution in [0.15, 0.2) is 43.4 Å². The lowest BCUT2D eigenvalue weighted by molar-refractivity contribution is -0.137. The number of benzene rings is 1. The highest BCUT2D eigenvalue weighted by molar-refractivity contribution is 5.81. The van der Waals surface area contributed by atoms with Crippen LogP contribution in [-0.4, -0.2) is 34.7 Å². The van der Waals surface area contributed by atoms with Gasteiger partial charge in [0.15, 0.2) is 0 Å². The molecule has 0 fully saturated rings. The lowest BCUT2D eigenvalue weighted by Crippen LogP contribution is -2.32. The van der Waals surface area contributed by atoms with Crippen molar-refractivity contribution in [3.05, 3.63) is 65.8 Å². The van der Waals surface area contributed by atoms with Crippen LogP contribution in [0.3, 0.4) is 0 Å². The van der Waals surface area contributed by atoms with Crippen molar-refractivity contribution in [3.63, 3.8) is 0 Å². The quantitative estimate of drug-likeness (QED) is 0.498. The van der Waals surface area contributed by atoms with Crippen LogP contribution in [0.5, 0.6) is 0 Å². The minimum Gasteiger partial charge on any atom is -0.461 e. The number of aryl methyl sites for hydroxylation is 1. The SMILES string of the molecule is C=CC(=O)OCCNC(=O)n1cncc1C(C)c1cccc(C)c1C. The average Bonchev–Trinajstić information content (AvgIpc) is 3.09. The summed E-state index contributed by atoms with van der Waals surface area (Å²) in [7, 11) is 0. The van der Waals surface area contributed by atoms with Crippen LogP contribution in [0.4, 0.5) is 4.79 Å². The lowest BCUT2D eigenvalue weighted by atomic mass is 9.91. The van der Waals surface area contributed by atoms with Crippen LogP contribution < -0.4 is 5.32 Å². The highest BCUT2D eigenvalue weighted by Crippen LogP contribution is 2.27. The molecule has 0 radical (unpaired) electrons. The van der Waals surface area contributed by atoms with Crippen LogP contribution in [0.2, 0.25) is 0 Å². The minimum atomic E-state index is -0.513. The van der Waals surface area contributed by atoms with Gasteiger partial charge in [-0.05, 0) is 30.5 Å². The van der Waals surface area contributed by atoms with Gasteiger partial charge in [0.1, 0.15) is 12.9 Å². The van der Waals surface area contributed by atoms with Crippen molar-refractivity contribution in [2.75, 3.05) is 13.2 Å². The van der Waals surface area contributed by atoms with Gasteiger partial charge in [0.2, 0.25) is 0 Å². The molecule has 0 spiro atoms. The van der Waals surface area contributed by atoms with E-state index in [1.807, 2.05) is 6.07 Å². The molecule has 0 bridgehead atoms. The predicted molar refractivity (Wildman–Crippen MR) is 95.6 cm³/mol. The maximum absolute atomic E-state index is 12.4. The van der Waals surface area contributed by atoms with Crippen molar-refractivity contribution >= 4 is 12.0 Å². The van der Waals surface area contributed by atoms with Crippen molar-refractivity contribution in [1.29, 1.82) is 0 Å². The Balaban J connectivity index is 2.08. The van der Waals surface area contributed by atoms with Gasteiger partial charge in [-0.25, -0.2) is 14.6 Å². The van der Waals surface area contributed by atoms with E-state index >= 15 is 0 Å². The fourth-order valence-electron chi connectivity index (χ4n) is 2.65. The molecule has 1 unspecified atom stereocenters. The highest BCUT2D eigenvalue weighted by Gasteiger charge is 2.19. The molecule has 1 atom stereocenters. The number of aromatic nitrogens is 2. The smallest absolute Gasteiger partial charge is 0.330 e. The minimum absolute atomic E-state index is 0.0201. The molecule has 25 heavy (non-hydrogen) atoms. The van der Waals surface area contributed by atoms with Crippen LogP contribution in [0.1, 0.15) is 35.2 Å². The summed E-state index contributed by atoms with van der Waals surface area (Å²) in [6.07, 6.45) is 4.27. The van der Waals surface area contributed by atoms with E-state index in [2.05, 4.69) is 49.8 Å². The molecule has 1 N–H and O–H groups in total. The Morgan fingerprint density at radius 3 is 2.88 bits per heavy atom. The monoisotopic (exact) mass is 341 g/mol. The molecule has 0 aliphatic heterocycles. The molecule has 1 amide bonds. The van der Waals surface area contributed by atoms with Crippen molar-refractivity contribution in [1.82, 2.24) is 14.9 Å². The fraction of sp³-hybridized carbons (Fsp3) is 0.316. The van der Waals surface area contributed by atoms with E-state index < -0.39 is 5.97 Å². The van der Waals surface area contributed by atoms with E-state index in [-0.39, 0.29) is 25.1 Å². The summed E-state index contributed by atoms with van der Waals surface area (Å²) in [5.41, 5.74) is 4.38. The number of rotatable bonds is 6. The second-order valence-corrected chi connectivity index (χ2v) is 5.80. The molecular formula is C19H23N3O3. The van der Waals surface area contributed by atoms with Crippen LogP contribution in [0, 0.1) is 13.8 Å². The molecule has 132 valence electrons. The number of hydrogen-bond donors (Lipinski definition) is 1. The van der Waals surface area contributed by atoms with Crippen molar-refractivity contribution in [3.8, 4) is 0 Å². The first-order valence-corrected chi connectivity index (χ1v) is 8.11. The van der Waals surface area contributed by atoms with E-state index in [0.717, 1.165) is 17.3 Å². The third-order valence-electron chi connectivity index (χ3n) is 4.23. The summed E-state index contributed by atoms with van der Waals surface area (Å²) in [4.78, 5) is 27.5. The van der Waals surface area contributed by atoms with Gasteiger partial charge in [-0.15, -0.1) is 0 Å². The van der Waals surface area contributed by atoms with Gasteiger partial charge < -0.3 is 10.1 Å². The number of ether oxygens (including phenoxy) is 1. The summed E-state index contributed by atoms with van der Waals surface area (Å²) < 4.78 is 6.33. The molecule has 0 aliphatic carbocycles. The Bertz CT molecular complexity index is 780. The Hall–Kier alpha value is -2.89. The predicted octanol–water partition coefficient (Wildman–Crippen LogP) is 2.94. The molecule has 0 saturated heterocycles. The van der Waals surface area contributed by atoms with E-state index in [9.17, 15) is 9.59 Å². The van der Waals surface area contributed by atoms with Gasteiger partial charge in [-0.3, -0.25) is 4.57 Å². The van der Waals surface area contributed by atoms with Gasteiger partial charge in [0.25, 0.3) is 0 Å². The largest absolute Gasteiger partial charge is 0.461 e. The Labute approximate surface area is 147 Å². The number of imidazole rings is 1. The third kappa shape index (κ3) is 4.35. The maximum atomic E-state index is 12.4. The molecule has 2 aromatic rings. The molecule has 2 rings (SSSR count). The van der Waals surface area contributed by atoms with E-state index in [1.54, 1.807) is 6.20 Å². The van der Waals surface area contributed by atoms with Crippen LogP contribution in [-0.2, 0) is 9.53 Å². The zero-order chi connectivity index (χ0) is 18.4. The number of esters is 1. The van der Waals surface area contributed by atoms with E-state index in [1.165, 1.54) is 22.0 Å². The molecule has 1 aromatic carbocycles. The Kier molecular flexibility index (Phi) is 6.11. The lowest BCUT2D eigenvalue weighted by Gasteiger charge is -2.18. The molecule has 0 aliphatic rings. The van der Waals surface area contributed by atoms with Crippen LogP contribution >= 0.6 is 0 Å². The molecule has 1 heterocycles. The number of carbonyl (C=O) groups excluding carboxylic acids is 2. The number of carbonyl (C=O) groups is 2. The normalized spacial score (nSPS) is 11.6. The van der Waals surface area contributed by atoms with Crippen molar-refractivity contribution < 1.29 is 14.3 Å². The number of amides is 1. The molecule has 0 saturated carbocycles. The van der Waals surface area contributed by atoms with E-state index in [0.29, 0.717) is 0 Å². The first kappa shape index (κ1) is 18.4. The van der Waals surface area contributed by atoms with Crippen LogP contribution in [0.25, 0.3) is 0 Å². The Morgan fingerprint density at radius 2 is 2.16 bits per heavy atom. The van der Waals surface area contributed by atoms with E-state index in [4.69, 9.17) is 4.74 Å². The second-order valence-electron chi connectivity index (χ2n) is 5.80.